The fraction of sp³-hybridized carbons (Fsp3) is 0.355. The zero-order chi connectivity index (χ0) is 48.5. The number of hydrogen-bond acceptors (Lipinski definition) is 8. The Hall–Kier alpha value is -4.60. The first kappa shape index (κ1) is 54.7. The topological polar surface area (TPSA) is 52.6 Å². The van der Waals surface area contributed by atoms with Crippen LogP contribution in [-0.2, 0) is 32.6 Å². The number of carbonyl (C=O) groups excluding carboxylic acids is 2. The molecule has 368 valence electrons. The van der Waals surface area contributed by atoms with Gasteiger partial charge in [-0.05, 0) is 134 Å². The van der Waals surface area contributed by atoms with E-state index in [1.54, 1.807) is 47.0 Å². The summed E-state index contributed by atoms with van der Waals surface area (Å²) in [5, 5.41) is 0. The summed E-state index contributed by atoms with van der Waals surface area (Å²) >= 11 is 7.20. The minimum Gasteiger partial charge on any atom is -0.427 e. The summed E-state index contributed by atoms with van der Waals surface area (Å²) in [6.45, 7) is 0. The number of esters is 2. The number of hydrogen-bond donors (Lipinski definition) is 0. The van der Waals surface area contributed by atoms with E-state index >= 15 is 0 Å². The van der Waals surface area contributed by atoms with Gasteiger partial charge in [0.1, 0.15) is 11.5 Å². The Labute approximate surface area is 437 Å². The Morgan fingerprint density at radius 2 is 0.586 bits per heavy atom. The molecular weight excluding hydrogens is 937 g/mol. The van der Waals surface area contributed by atoms with Gasteiger partial charge in [-0.15, -0.1) is 47.0 Å². The van der Waals surface area contributed by atoms with E-state index in [1.165, 1.54) is 119 Å². The zero-order valence-electron chi connectivity index (χ0n) is 41.0. The molecule has 0 aliphatic heterocycles. The normalized spacial score (nSPS) is 11.3. The first-order valence-electron chi connectivity index (χ1n) is 25.6. The van der Waals surface area contributed by atoms with Gasteiger partial charge in [0.25, 0.3) is 0 Å². The molecule has 0 unspecified atom stereocenters. The van der Waals surface area contributed by atoms with Crippen LogP contribution in [0.25, 0.3) is 0 Å². The number of benzene rings is 6. The molecule has 70 heavy (non-hydrogen) atoms. The van der Waals surface area contributed by atoms with Gasteiger partial charge in [0.2, 0.25) is 0 Å². The van der Waals surface area contributed by atoms with Gasteiger partial charge in [0.05, 0.1) is 0 Å². The number of ether oxygens (including phenoxy) is 2. The highest BCUT2D eigenvalue weighted by molar-refractivity contribution is 7.99. The highest BCUT2D eigenvalue weighted by atomic mass is 32.2. The molecule has 6 aromatic rings. The lowest BCUT2D eigenvalue weighted by atomic mass is 10.1. The Bertz CT molecular complexity index is 2100. The van der Waals surface area contributed by atoms with E-state index in [9.17, 15) is 9.59 Å². The van der Waals surface area contributed by atoms with Gasteiger partial charge in [-0.1, -0.05) is 161 Å². The molecule has 0 spiro atoms. The second-order valence-corrected chi connectivity index (χ2v) is 22.0. The van der Waals surface area contributed by atoms with Crippen molar-refractivity contribution in [1.29, 1.82) is 0 Å². The van der Waals surface area contributed by atoms with Crippen LogP contribution in [0.4, 0.5) is 0 Å². The third-order valence-corrected chi connectivity index (χ3v) is 16.1. The summed E-state index contributed by atoms with van der Waals surface area (Å²) in [5.41, 5.74) is 4.68. The molecule has 0 amide bonds. The summed E-state index contributed by atoms with van der Waals surface area (Å²) in [6.07, 6.45) is 24.2. The van der Waals surface area contributed by atoms with Gasteiger partial charge in [0, 0.05) is 55.4 Å². The van der Waals surface area contributed by atoms with Crippen molar-refractivity contribution >= 4 is 59.0 Å². The van der Waals surface area contributed by atoms with E-state index in [2.05, 4.69) is 121 Å². The predicted octanol–water partition coefficient (Wildman–Crippen LogP) is 18.9. The molecule has 6 aromatic carbocycles. The van der Waals surface area contributed by atoms with Gasteiger partial charge in [-0.25, -0.2) is 0 Å². The average Bonchev–Trinajstić information content (AvgIpc) is 3.39. The molecule has 6 rings (SSSR count). The molecular formula is C62H72O4S4. The van der Waals surface area contributed by atoms with Crippen LogP contribution < -0.4 is 9.47 Å². The Morgan fingerprint density at radius 3 is 0.871 bits per heavy atom. The Morgan fingerprint density at radius 1 is 0.329 bits per heavy atom. The van der Waals surface area contributed by atoms with Crippen molar-refractivity contribution in [3.8, 4) is 11.5 Å². The van der Waals surface area contributed by atoms with Crippen molar-refractivity contribution in [2.75, 3.05) is 0 Å². The maximum Gasteiger partial charge on any atom is 0.311 e. The fourth-order valence-corrected chi connectivity index (χ4v) is 11.5. The standard InChI is InChI=1S/C62H72O4S4/c63-61(65-55-43-51(47-67-57-31-21-17-22-32-57)41-52(44-55)48-68-58-33-23-18-24-34-58)39-29-15-13-11-9-7-5-3-1-2-4-6-8-10-12-14-16-30-40-62(64)66-56-45-53(49-69-59-35-25-19-26-36-59)42-54(46-56)50-70-60-37-27-20-28-38-60/h1-2,17-28,31-38,41-46H,3-16,29-30,39-40,47-50H2/b2-1-. The van der Waals surface area contributed by atoms with Crippen LogP contribution in [0.15, 0.2) is 189 Å². The van der Waals surface area contributed by atoms with E-state index in [-0.39, 0.29) is 11.9 Å². The molecule has 0 bridgehead atoms. The Kier molecular flexibility index (Phi) is 26.5. The van der Waals surface area contributed by atoms with E-state index in [0.29, 0.717) is 24.3 Å². The lowest BCUT2D eigenvalue weighted by molar-refractivity contribution is -0.135. The molecule has 0 fully saturated rings. The maximum absolute atomic E-state index is 12.9. The van der Waals surface area contributed by atoms with Crippen LogP contribution in [0.1, 0.15) is 138 Å². The second-order valence-electron chi connectivity index (χ2n) is 17.8. The molecule has 0 atom stereocenters. The number of allylic oxidation sites excluding steroid dienone is 2. The minimum absolute atomic E-state index is 0.135. The quantitative estimate of drug-likeness (QED) is 0.0130. The van der Waals surface area contributed by atoms with Crippen molar-refractivity contribution in [1.82, 2.24) is 0 Å². The van der Waals surface area contributed by atoms with Gasteiger partial charge in [-0.3, -0.25) is 9.59 Å². The molecule has 0 aromatic heterocycles. The maximum atomic E-state index is 12.9. The third-order valence-electron chi connectivity index (χ3n) is 11.8. The van der Waals surface area contributed by atoms with Gasteiger partial charge < -0.3 is 9.47 Å². The summed E-state index contributed by atoms with van der Waals surface area (Å²) in [6, 6.07) is 54.4. The van der Waals surface area contributed by atoms with Crippen LogP contribution in [0.2, 0.25) is 0 Å². The first-order chi connectivity index (χ1) is 34.5. The molecule has 8 heteroatoms. The van der Waals surface area contributed by atoms with Gasteiger partial charge in [0.15, 0.2) is 0 Å². The van der Waals surface area contributed by atoms with E-state index in [4.69, 9.17) is 9.47 Å². The van der Waals surface area contributed by atoms with Crippen molar-refractivity contribution in [2.24, 2.45) is 0 Å². The summed E-state index contributed by atoms with van der Waals surface area (Å²) in [7, 11) is 0. The summed E-state index contributed by atoms with van der Waals surface area (Å²) in [4.78, 5) is 30.7. The third kappa shape index (κ3) is 23.5. The van der Waals surface area contributed by atoms with Crippen LogP contribution in [0.5, 0.6) is 11.5 Å². The Balaban J connectivity index is 0.745. The zero-order valence-corrected chi connectivity index (χ0v) is 44.3. The number of rotatable bonds is 34. The molecule has 0 N–H and O–H groups in total. The van der Waals surface area contributed by atoms with Crippen LogP contribution in [0, 0.1) is 0 Å². The monoisotopic (exact) mass is 1010 g/mol. The minimum atomic E-state index is -0.135. The van der Waals surface area contributed by atoms with E-state index < -0.39 is 0 Å². The molecule has 4 nitrogen and oxygen atoms in total. The lowest BCUT2D eigenvalue weighted by Gasteiger charge is -2.11. The van der Waals surface area contributed by atoms with Crippen LogP contribution >= 0.6 is 47.0 Å². The van der Waals surface area contributed by atoms with Crippen LogP contribution in [-0.4, -0.2) is 11.9 Å². The van der Waals surface area contributed by atoms with Gasteiger partial charge in [-0.2, -0.15) is 0 Å². The molecule has 0 saturated heterocycles. The number of unbranched alkanes of at least 4 members (excludes halogenated alkanes) is 14. The number of thioether (sulfide) groups is 4. The highest BCUT2D eigenvalue weighted by Crippen LogP contribution is 2.32. The fourth-order valence-electron chi connectivity index (χ4n) is 8.07. The van der Waals surface area contributed by atoms with Gasteiger partial charge >= 0.3 is 11.9 Å². The smallest absolute Gasteiger partial charge is 0.311 e. The molecule has 0 aliphatic carbocycles. The highest BCUT2D eigenvalue weighted by Gasteiger charge is 2.12. The average molecular weight is 1010 g/mol. The summed E-state index contributed by atoms with van der Waals surface area (Å²) in [5.74, 6) is 4.35. The lowest BCUT2D eigenvalue weighted by Crippen LogP contribution is -2.08. The number of carbonyl (C=O) groups is 2. The molecule has 0 radical (unpaired) electrons. The predicted molar refractivity (Wildman–Crippen MR) is 300 cm³/mol. The van der Waals surface area contributed by atoms with Crippen molar-refractivity contribution in [3.05, 3.63) is 192 Å². The SMILES string of the molecule is O=C(CCCCCCCCC/C=C\CCCCCCCCCC(=O)Oc1cc(CSc2ccccc2)cc(CSc2ccccc2)c1)Oc1cc(CSc2ccccc2)cc(CSc2ccccc2)c1. The largest absolute Gasteiger partial charge is 0.427 e. The van der Waals surface area contributed by atoms with Crippen LogP contribution in [0.3, 0.4) is 0 Å². The van der Waals surface area contributed by atoms with Crippen molar-refractivity contribution < 1.29 is 19.1 Å². The second kappa shape index (κ2) is 33.9. The molecule has 0 aliphatic rings. The summed E-state index contributed by atoms with van der Waals surface area (Å²) < 4.78 is 11.8. The molecule has 0 heterocycles. The molecule has 0 saturated carbocycles. The van der Waals surface area contributed by atoms with E-state index in [0.717, 1.165) is 48.7 Å². The first-order valence-corrected chi connectivity index (χ1v) is 29.5. The van der Waals surface area contributed by atoms with E-state index in [1.807, 2.05) is 48.5 Å². The van der Waals surface area contributed by atoms with Crippen molar-refractivity contribution in [2.45, 2.75) is 158 Å². The van der Waals surface area contributed by atoms with Crippen molar-refractivity contribution in [3.63, 3.8) is 0 Å².